The van der Waals surface area contributed by atoms with Gasteiger partial charge in [0.25, 0.3) is 0 Å². The zero-order valence-electron chi connectivity index (χ0n) is 16.7. The lowest BCUT2D eigenvalue weighted by atomic mass is 9.81. The molecule has 1 amide bonds. The van der Waals surface area contributed by atoms with Crippen molar-refractivity contribution in [3.63, 3.8) is 0 Å². The quantitative estimate of drug-likeness (QED) is 0.775. The highest BCUT2D eigenvalue weighted by atomic mass is 16.5. The molecule has 0 aliphatic carbocycles. The van der Waals surface area contributed by atoms with E-state index >= 15 is 0 Å². The number of carbonyl (C=O) groups is 1. The maximum atomic E-state index is 12.7. The second kappa shape index (κ2) is 8.70. The highest BCUT2D eigenvalue weighted by Gasteiger charge is 2.44. The van der Waals surface area contributed by atoms with Crippen LogP contribution in [-0.4, -0.2) is 42.6 Å². The molecule has 1 aromatic carbocycles. The Morgan fingerprint density at radius 1 is 1.33 bits per heavy atom. The van der Waals surface area contributed by atoms with E-state index in [1.165, 1.54) is 5.56 Å². The molecule has 2 aromatic rings. The van der Waals surface area contributed by atoms with Crippen molar-refractivity contribution in [2.75, 3.05) is 26.7 Å². The minimum atomic E-state index is -0.421. The summed E-state index contributed by atoms with van der Waals surface area (Å²) in [6.45, 7) is 6.94. The normalized spacial score (nSPS) is 20.3. The van der Waals surface area contributed by atoms with Gasteiger partial charge in [0.1, 0.15) is 5.76 Å². The molecule has 0 unspecified atom stereocenters. The first-order chi connectivity index (χ1) is 13.0. The Balaban J connectivity index is 1.60. The molecule has 0 spiro atoms. The van der Waals surface area contributed by atoms with Gasteiger partial charge in [0, 0.05) is 26.1 Å². The fourth-order valence-corrected chi connectivity index (χ4v) is 3.99. The summed E-state index contributed by atoms with van der Waals surface area (Å²) in [6, 6.07) is 12.6. The Morgan fingerprint density at radius 2 is 2.11 bits per heavy atom. The number of carbonyl (C=O) groups excluding carboxylic acids is 1. The van der Waals surface area contributed by atoms with Gasteiger partial charge in [-0.2, -0.15) is 0 Å². The predicted molar refractivity (Wildman–Crippen MR) is 107 cm³/mol. The maximum Gasteiger partial charge on any atom is 0.227 e. The molecule has 146 valence electrons. The van der Waals surface area contributed by atoms with Crippen molar-refractivity contribution in [1.29, 1.82) is 0 Å². The maximum absolute atomic E-state index is 12.7. The lowest BCUT2D eigenvalue weighted by Crippen LogP contribution is -2.43. The molecule has 1 aliphatic rings. The lowest BCUT2D eigenvalue weighted by molar-refractivity contribution is -0.130. The van der Waals surface area contributed by atoms with E-state index in [4.69, 9.17) is 4.52 Å². The number of hydrogen-bond acceptors (Lipinski definition) is 4. The number of nitrogens with one attached hydrogen (secondary N) is 1. The third kappa shape index (κ3) is 4.78. The fraction of sp³-hybridized carbons (Fsp3) is 0.545. The van der Waals surface area contributed by atoms with Crippen LogP contribution in [0.1, 0.15) is 49.6 Å². The van der Waals surface area contributed by atoms with Gasteiger partial charge in [0.2, 0.25) is 5.91 Å². The number of nitrogens with zero attached hydrogens (tertiary/aromatic N) is 2. The first kappa shape index (κ1) is 19.6. The van der Waals surface area contributed by atoms with Crippen molar-refractivity contribution in [3.8, 4) is 0 Å². The van der Waals surface area contributed by atoms with E-state index in [2.05, 4.69) is 59.6 Å². The summed E-state index contributed by atoms with van der Waals surface area (Å²) in [5.41, 5.74) is 1.90. The van der Waals surface area contributed by atoms with E-state index < -0.39 is 5.41 Å². The fourth-order valence-electron chi connectivity index (χ4n) is 3.99. The molecule has 27 heavy (non-hydrogen) atoms. The van der Waals surface area contributed by atoms with Crippen molar-refractivity contribution >= 4 is 5.91 Å². The number of benzene rings is 1. The largest absolute Gasteiger partial charge is 0.361 e. The van der Waals surface area contributed by atoms with Crippen LogP contribution in [0.15, 0.2) is 40.9 Å². The number of likely N-dealkylation sites (tertiary alicyclic amines) is 1. The topological polar surface area (TPSA) is 58.4 Å². The molecule has 1 fully saturated rings. The third-order valence-electron chi connectivity index (χ3n) is 5.61. The summed E-state index contributed by atoms with van der Waals surface area (Å²) in [4.78, 5) is 15.1. The highest BCUT2D eigenvalue weighted by molar-refractivity contribution is 5.83. The minimum absolute atomic E-state index is 0.107. The summed E-state index contributed by atoms with van der Waals surface area (Å²) in [5, 5.41) is 7.03. The molecule has 0 saturated carbocycles. The summed E-state index contributed by atoms with van der Waals surface area (Å²) >= 11 is 0. The van der Waals surface area contributed by atoms with Crippen molar-refractivity contribution in [2.45, 2.75) is 45.4 Å². The van der Waals surface area contributed by atoms with Crippen LogP contribution in [0.25, 0.3) is 0 Å². The van der Waals surface area contributed by atoms with Crippen LogP contribution in [0.5, 0.6) is 0 Å². The van der Waals surface area contributed by atoms with Gasteiger partial charge >= 0.3 is 0 Å². The van der Waals surface area contributed by atoms with Crippen LogP contribution in [0, 0.1) is 5.41 Å². The Hall–Kier alpha value is -2.14. The molecule has 1 aliphatic heterocycles. The number of hydrogen-bond donors (Lipinski definition) is 1. The van der Waals surface area contributed by atoms with E-state index in [9.17, 15) is 4.79 Å². The first-order valence-corrected chi connectivity index (χ1v) is 9.96. The van der Waals surface area contributed by atoms with Gasteiger partial charge in [0.05, 0.1) is 11.1 Å². The van der Waals surface area contributed by atoms with Crippen LogP contribution >= 0.6 is 0 Å². The summed E-state index contributed by atoms with van der Waals surface area (Å²) in [7, 11) is 1.72. The second-order valence-corrected chi connectivity index (χ2v) is 8.02. The van der Waals surface area contributed by atoms with Gasteiger partial charge in [-0.15, -0.1) is 0 Å². The van der Waals surface area contributed by atoms with Gasteiger partial charge < -0.3 is 14.7 Å². The van der Waals surface area contributed by atoms with E-state index in [0.717, 1.165) is 50.4 Å². The Kier molecular flexibility index (Phi) is 6.32. The number of aromatic nitrogens is 1. The molecule has 1 aromatic heterocycles. The van der Waals surface area contributed by atoms with Crippen LogP contribution < -0.4 is 5.32 Å². The highest BCUT2D eigenvalue weighted by Crippen LogP contribution is 2.35. The van der Waals surface area contributed by atoms with E-state index in [0.29, 0.717) is 12.3 Å². The van der Waals surface area contributed by atoms with Crippen LogP contribution in [-0.2, 0) is 17.6 Å². The molecule has 5 heteroatoms. The van der Waals surface area contributed by atoms with Crippen LogP contribution in [0.4, 0.5) is 0 Å². The predicted octanol–water partition coefficient (Wildman–Crippen LogP) is 3.41. The van der Waals surface area contributed by atoms with Crippen LogP contribution in [0.3, 0.4) is 0 Å². The zero-order valence-corrected chi connectivity index (χ0v) is 16.7. The van der Waals surface area contributed by atoms with Gasteiger partial charge in [-0.25, -0.2) is 0 Å². The smallest absolute Gasteiger partial charge is 0.227 e. The van der Waals surface area contributed by atoms with E-state index in [-0.39, 0.29) is 5.91 Å². The Labute approximate surface area is 162 Å². The standard InChI is InChI=1S/C22H31N3O2/c1-17(2)20-14-19(27-24-20)15-22(21(26)23-3)11-13-25(16-22)12-7-10-18-8-5-4-6-9-18/h4-6,8-9,14,17H,7,10-13,15-16H2,1-3H3,(H,23,26)/t22-/m1/s1. The second-order valence-electron chi connectivity index (χ2n) is 8.02. The molecular formula is C22H31N3O2. The Morgan fingerprint density at radius 3 is 2.78 bits per heavy atom. The zero-order chi connectivity index (χ0) is 19.3. The summed E-state index contributed by atoms with van der Waals surface area (Å²) in [6.07, 6.45) is 3.65. The SMILES string of the molecule is CNC(=O)[C@@]1(Cc2cc(C(C)C)no2)CCN(CCCc2ccccc2)C1. The molecule has 1 N–H and O–H groups in total. The summed E-state index contributed by atoms with van der Waals surface area (Å²) in [5.74, 6) is 1.25. The van der Waals surface area contributed by atoms with Crippen molar-refractivity contribution in [1.82, 2.24) is 15.4 Å². The molecule has 5 nitrogen and oxygen atoms in total. The molecule has 0 radical (unpaired) electrons. The third-order valence-corrected chi connectivity index (χ3v) is 5.61. The van der Waals surface area contributed by atoms with Gasteiger partial charge in [-0.3, -0.25) is 4.79 Å². The monoisotopic (exact) mass is 369 g/mol. The average molecular weight is 370 g/mol. The molecule has 3 rings (SSSR count). The van der Waals surface area contributed by atoms with Crippen molar-refractivity contribution in [3.05, 3.63) is 53.4 Å². The molecule has 1 atom stereocenters. The van der Waals surface area contributed by atoms with Gasteiger partial charge in [-0.1, -0.05) is 49.3 Å². The van der Waals surface area contributed by atoms with E-state index in [1.54, 1.807) is 7.05 Å². The van der Waals surface area contributed by atoms with Crippen molar-refractivity contribution in [2.24, 2.45) is 5.41 Å². The molecule has 2 heterocycles. The summed E-state index contributed by atoms with van der Waals surface area (Å²) < 4.78 is 5.53. The van der Waals surface area contributed by atoms with Crippen molar-refractivity contribution < 1.29 is 9.32 Å². The van der Waals surface area contributed by atoms with E-state index in [1.807, 2.05) is 6.07 Å². The average Bonchev–Trinajstić information content (AvgIpc) is 3.30. The molecular weight excluding hydrogens is 338 g/mol. The van der Waals surface area contributed by atoms with Gasteiger partial charge in [0.15, 0.2) is 0 Å². The number of rotatable bonds is 8. The first-order valence-electron chi connectivity index (χ1n) is 9.96. The Bertz CT molecular complexity index is 741. The number of amides is 1. The van der Waals surface area contributed by atoms with Crippen LogP contribution in [0.2, 0.25) is 0 Å². The molecule has 0 bridgehead atoms. The number of aryl methyl sites for hydroxylation is 1. The lowest BCUT2D eigenvalue weighted by Gasteiger charge is -2.26. The molecule has 1 saturated heterocycles. The minimum Gasteiger partial charge on any atom is -0.361 e. The van der Waals surface area contributed by atoms with Gasteiger partial charge in [-0.05, 0) is 43.8 Å².